The van der Waals surface area contributed by atoms with Crippen molar-refractivity contribution in [2.24, 2.45) is 0 Å². The van der Waals surface area contributed by atoms with Crippen molar-refractivity contribution in [2.75, 3.05) is 13.2 Å². The van der Waals surface area contributed by atoms with Crippen LogP contribution in [0.25, 0.3) is 6.08 Å². The molecule has 0 fully saturated rings. The number of hydrogen-bond donors (Lipinski definition) is 1. The van der Waals surface area contributed by atoms with Crippen molar-refractivity contribution in [1.29, 1.82) is 0 Å². The molecule has 0 amide bonds. The average molecular weight is 276 g/mol. The van der Waals surface area contributed by atoms with Gasteiger partial charge in [-0.2, -0.15) is 0 Å². The number of ether oxygens (including phenoxy) is 2. The van der Waals surface area contributed by atoms with E-state index >= 15 is 0 Å². The van der Waals surface area contributed by atoms with Gasteiger partial charge in [0.25, 0.3) is 5.95 Å². The minimum absolute atomic E-state index is 0.125. The van der Waals surface area contributed by atoms with Gasteiger partial charge in [0, 0.05) is 6.42 Å². The zero-order chi connectivity index (χ0) is 15.0. The number of carbonyl (C=O) groups excluding carboxylic acids is 1. The van der Waals surface area contributed by atoms with Crippen LogP contribution < -0.4 is 0 Å². The topological polar surface area (TPSA) is 55.8 Å². The minimum atomic E-state index is -0.564. The van der Waals surface area contributed by atoms with Gasteiger partial charge in [0.05, 0.1) is 13.2 Å². The average Bonchev–Trinajstić information content (AvgIpc) is 2.45. The monoisotopic (exact) mass is 276 g/mol. The van der Waals surface area contributed by atoms with Crippen LogP contribution in [0.2, 0.25) is 0 Å². The molecule has 0 spiro atoms. The summed E-state index contributed by atoms with van der Waals surface area (Å²) in [4.78, 5) is 11.9. The standard InChI is InChI=1S/C16H20O4/c1-4-12-7-9-13(10-8-12)11-14(15(17)19-5-2)16(18)20-6-3/h4,7-10,17H,1,5-6,11H2,2-3H3/b15-14+. The highest BCUT2D eigenvalue weighted by Crippen LogP contribution is 2.15. The van der Waals surface area contributed by atoms with Gasteiger partial charge in [-0.1, -0.05) is 36.9 Å². The molecule has 1 N–H and O–H groups in total. The summed E-state index contributed by atoms with van der Waals surface area (Å²) in [6, 6.07) is 7.52. The predicted octanol–water partition coefficient (Wildman–Crippen LogP) is 3.24. The summed E-state index contributed by atoms with van der Waals surface area (Å²) in [5, 5.41) is 9.81. The summed E-state index contributed by atoms with van der Waals surface area (Å²) in [5.41, 5.74) is 1.99. The maximum atomic E-state index is 11.9. The van der Waals surface area contributed by atoms with Crippen LogP contribution >= 0.6 is 0 Å². The molecule has 0 aliphatic rings. The third kappa shape index (κ3) is 4.46. The lowest BCUT2D eigenvalue weighted by Gasteiger charge is -2.10. The van der Waals surface area contributed by atoms with E-state index in [0.717, 1.165) is 11.1 Å². The fourth-order valence-electron chi connectivity index (χ4n) is 1.65. The van der Waals surface area contributed by atoms with Crippen molar-refractivity contribution >= 4 is 12.0 Å². The molecule has 4 nitrogen and oxygen atoms in total. The molecular weight excluding hydrogens is 256 g/mol. The highest BCUT2D eigenvalue weighted by atomic mass is 16.6. The predicted molar refractivity (Wildman–Crippen MR) is 78.2 cm³/mol. The third-order valence-electron chi connectivity index (χ3n) is 2.66. The zero-order valence-electron chi connectivity index (χ0n) is 11.9. The molecule has 1 rings (SSSR count). The molecular formula is C16H20O4. The molecule has 108 valence electrons. The zero-order valence-corrected chi connectivity index (χ0v) is 11.9. The van der Waals surface area contributed by atoms with Crippen LogP contribution in [0.1, 0.15) is 25.0 Å². The Morgan fingerprint density at radius 1 is 1.20 bits per heavy atom. The van der Waals surface area contributed by atoms with Crippen LogP contribution in [0.3, 0.4) is 0 Å². The molecule has 0 unspecified atom stereocenters. The second-order valence-corrected chi connectivity index (χ2v) is 4.06. The summed E-state index contributed by atoms with van der Waals surface area (Å²) in [7, 11) is 0. The Morgan fingerprint density at radius 3 is 2.30 bits per heavy atom. The SMILES string of the molecule is C=Cc1ccc(C/C(C(=O)OCC)=C(/O)OCC)cc1. The van der Waals surface area contributed by atoms with E-state index in [-0.39, 0.29) is 31.2 Å². The lowest BCUT2D eigenvalue weighted by atomic mass is 10.0. The van der Waals surface area contributed by atoms with Gasteiger partial charge >= 0.3 is 5.97 Å². The number of rotatable bonds is 7. The molecule has 0 saturated carbocycles. The first kappa shape index (κ1) is 15.8. The molecule has 0 heterocycles. The van der Waals surface area contributed by atoms with Gasteiger partial charge in [0.15, 0.2) is 0 Å². The fraction of sp³-hybridized carbons (Fsp3) is 0.312. The largest absolute Gasteiger partial charge is 0.481 e. The maximum absolute atomic E-state index is 11.9. The summed E-state index contributed by atoms with van der Waals surface area (Å²) >= 11 is 0. The van der Waals surface area contributed by atoms with E-state index in [2.05, 4.69) is 6.58 Å². The van der Waals surface area contributed by atoms with Crippen molar-refractivity contribution in [2.45, 2.75) is 20.3 Å². The second-order valence-electron chi connectivity index (χ2n) is 4.06. The molecule has 0 saturated heterocycles. The molecule has 0 aliphatic carbocycles. The van der Waals surface area contributed by atoms with E-state index < -0.39 is 5.97 Å². The molecule has 0 radical (unpaired) electrons. The van der Waals surface area contributed by atoms with Gasteiger partial charge in [-0.25, -0.2) is 4.79 Å². The smallest absolute Gasteiger partial charge is 0.341 e. The Morgan fingerprint density at radius 2 is 1.80 bits per heavy atom. The van der Waals surface area contributed by atoms with Gasteiger partial charge in [0.1, 0.15) is 5.57 Å². The molecule has 0 aliphatic heterocycles. The Labute approximate surface area is 119 Å². The van der Waals surface area contributed by atoms with E-state index in [1.54, 1.807) is 19.9 Å². The van der Waals surface area contributed by atoms with Crippen molar-refractivity contribution in [3.63, 3.8) is 0 Å². The fourth-order valence-corrected chi connectivity index (χ4v) is 1.65. The number of hydrogen-bond acceptors (Lipinski definition) is 4. The second kappa shape index (κ2) is 8.04. The normalized spacial score (nSPS) is 11.5. The minimum Gasteiger partial charge on any atom is -0.481 e. The number of aliphatic hydroxyl groups excluding tert-OH is 1. The highest BCUT2D eigenvalue weighted by molar-refractivity contribution is 5.89. The molecule has 1 aromatic rings. The molecule has 20 heavy (non-hydrogen) atoms. The van der Waals surface area contributed by atoms with Crippen molar-refractivity contribution in [1.82, 2.24) is 0 Å². The lowest BCUT2D eigenvalue weighted by Crippen LogP contribution is -2.14. The van der Waals surface area contributed by atoms with E-state index in [1.165, 1.54) is 0 Å². The highest BCUT2D eigenvalue weighted by Gasteiger charge is 2.18. The van der Waals surface area contributed by atoms with Gasteiger partial charge in [-0.15, -0.1) is 0 Å². The van der Waals surface area contributed by atoms with Gasteiger partial charge in [-0.3, -0.25) is 0 Å². The van der Waals surface area contributed by atoms with Crippen molar-refractivity contribution in [3.05, 3.63) is 53.5 Å². The maximum Gasteiger partial charge on any atom is 0.341 e. The first-order chi connectivity index (χ1) is 9.62. The number of aliphatic hydroxyl groups is 1. The van der Waals surface area contributed by atoms with Crippen LogP contribution in [0.15, 0.2) is 42.4 Å². The van der Waals surface area contributed by atoms with Gasteiger partial charge < -0.3 is 14.6 Å². The van der Waals surface area contributed by atoms with Gasteiger partial charge in [-0.05, 0) is 25.0 Å². The lowest BCUT2D eigenvalue weighted by molar-refractivity contribution is -0.139. The van der Waals surface area contributed by atoms with E-state index in [4.69, 9.17) is 9.47 Å². The number of esters is 1. The van der Waals surface area contributed by atoms with Gasteiger partial charge in [0.2, 0.25) is 0 Å². The van der Waals surface area contributed by atoms with Crippen LogP contribution in [-0.2, 0) is 20.7 Å². The molecule has 1 aromatic carbocycles. The number of carbonyl (C=O) groups is 1. The quantitative estimate of drug-likeness (QED) is 0.472. The van der Waals surface area contributed by atoms with E-state index in [0.29, 0.717) is 0 Å². The first-order valence-corrected chi connectivity index (χ1v) is 6.55. The summed E-state index contributed by atoms with van der Waals surface area (Å²) in [5.74, 6) is -0.940. The third-order valence-corrected chi connectivity index (χ3v) is 2.66. The summed E-state index contributed by atoms with van der Waals surface area (Å²) in [6.45, 7) is 7.66. The van der Waals surface area contributed by atoms with E-state index in [9.17, 15) is 9.90 Å². The van der Waals surface area contributed by atoms with Crippen molar-refractivity contribution < 1.29 is 19.4 Å². The van der Waals surface area contributed by atoms with Crippen molar-refractivity contribution in [3.8, 4) is 0 Å². The molecule has 4 heteroatoms. The molecule has 0 atom stereocenters. The van der Waals surface area contributed by atoms with Crippen LogP contribution in [0, 0.1) is 0 Å². The Kier molecular flexibility index (Phi) is 6.37. The Bertz CT molecular complexity index is 486. The van der Waals surface area contributed by atoms with Crippen LogP contribution in [-0.4, -0.2) is 24.3 Å². The first-order valence-electron chi connectivity index (χ1n) is 6.55. The molecule has 0 bridgehead atoms. The Balaban J connectivity index is 2.96. The van der Waals surface area contributed by atoms with Crippen LogP contribution in [0.4, 0.5) is 0 Å². The summed E-state index contributed by atoms with van der Waals surface area (Å²) < 4.78 is 9.94. The summed E-state index contributed by atoms with van der Waals surface area (Å²) in [6.07, 6.45) is 1.99. The molecule has 0 aromatic heterocycles. The van der Waals surface area contributed by atoms with E-state index in [1.807, 2.05) is 24.3 Å². The van der Waals surface area contributed by atoms with Crippen LogP contribution in [0.5, 0.6) is 0 Å². The number of benzene rings is 1. The Hall–Kier alpha value is -2.23.